The lowest BCUT2D eigenvalue weighted by Gasteiger charge is -2.08. The van der Waals surface area contributed by atoms with Gasteiger partial charge in [-0.25, -0.2) is 4.99 Å². The molecule has 1 heterocycles. The van der Waals surface area contributed by atoms with Gasteiger partial charge in [0.05, 0.1) is 5.03 Å². The van der Waals surface area contributed by atoms with Gasteiger partial charge in [0.25, 0.3) is 0 Å². The Labute approximate surface area is 80.6 Å². The van der Waals surface area contributed by atoms with Crippen molar-refractivity contribution in [1.29, 1.82) is 0 Å². The minimum Gasteiger partial charge on any atom is -0.287 e. The van der Waals surface area contributed by atoms with Crippen LogP contribution in [0.1, 0.15) is 10.4 Å². The average Bonchev–Trinajstić information content (AvgIpc) is 2.17. The first kappa shape index (κ1) is 8.20. The van der Waals surface area contributed by atoms with E-state index < -0.39 is 0 Å². The Morgan fingerprint density at radius 2 is 1.92 bits per heavy atom. The molecule has 0 aromatic heterocycles. The third-order valence-corrected chi connectivity index (χ3v) is 2.06. The first-order valence-electron chi connectivity index (χ1n) is 3.82. The fourth-order valence-corrected chi connectivity index (χ4v) is 1.25. The summed E-state index contributed by atoms with van der Waals surface area (Å²) >= 11 is 5.67. The van der Waals surface area contributed by atoms with Crippen molar-refractivity contribution in [1.82, 2.24) is 0 Å². The van der Waals surface area contributed by atoms with E-state index in [-0.39, 0.29) is 5.78 Å². The predicted octanol–water partition coefficient (Wildman–Crippen LogP) is 2.40. The average molecular weight is 192 g/mol. The van der Waals surface area contributed by atoms with Crippen molar-refractivity contribution in [3.05, 3.63) is 47.1 Å². The van der Waals surface area contributed by atoms with E-state index >= 15 is 0 Å². The van der Waals surface area contributed by atoms with Crippen LogP contribution in [0.2, 0.25) is 0 Å². The number of hydrogen-bond donors (Lipinski definition) is 0. The van der Waals surface area contributed by atoms with Crippen molar-refractivity contribution < 1.29 is 4.79 Å². The highest BCUT2D eigenvalue weighted by molar-refractivity contribution is 6.64. The van der Waals surface area contributed by atoms with E-state index in [0.717, 1.165) is 0 Å². The van der Waals surface area contributed by atoms with Gasteiger partial charge in [-0.1, -0.05) is 41.9 Å². The first-order valence-corrected chi connectivity index (χ1v) is 4.20. The van der Waals surface area contributed by atoms with Gasteiger partial charge in [0.1, 0.15) is 5.71 Å². The molecule has 0 aliphatic carbocycles. The third kappa shape index (κ3) is 1.40. The molecule has 2 rings (SSSR count). The van der Waals surface area contributed by atoms with Crippen LogP contribution in [0, 0.1) is 0 Å². The fourth-order valence-electron chi connectivity index (χ4n) is 1.07. The molecule has 0 atom stereocenters. The molecule has 13 heavy (non-hydrogen) atoms. The van der Waals surface area contributed by atoms with Gasteiger partial charge in [-0.3, -0.25) is 4.79 Å². The lowest BCUT2D eigenvalue weighted by atomic mass is 10.1. The van der Waals surface area contributed by atoms with Gasteiger partial charge >= 0.3 is 0 Å². The third-order valence-electron chi connectivity index (χ3n) is 1.78. The Morgan fingerprint density at radius 3 is 2.38 bits per heavy atom. The predicted molar refractivity (Wildman–Crippen MR) is 52.1 cm³/mol. The smallest absolute Gasteiger partial charge is 0.212 e. The summed E-state index contributed by atoms with van der Waals surface area (Å²) < 4.78 is 0. The van der Waals surface area contributed by atoms with Gasteiger partial charge in [0.15, 0.2) is 0 Å². The van der Waals surface area contributed by atoms with Gasteiger partial charge in [-0.2, -0.15) is 0 Å². The summed E-state index contributed by atoms with van der Waals surface area (Å²) in [6.45, 7) is 0. The summed E-state index contributed by atoms with van der Waals surface area (Å²) in [4.78, 5) is 15.4. The number of halogens is 1. The number of Topliss-reactive ketones (excluding diaryl/α,β-unsaturated/α-hetero) is 1. The van der Waals surface area contributed by atoms with Crippen LogP contribution in [0.25, 0.3) is 0 Å². The Balaban J connectivity index is 2.25. The number of allylic oxidation sites excluding steroid dienone is 1. The second-order valence-corrected chi connectivity index (χ2v) is 3.06. The van der Waals surface area contributed by atoms with E-state index in [1.54, 1.807) is 12.1 Å². The van der Waals surface area contributed by atoms with Gasteiger partial charge in [-0.05, 0) is 0 Å². The minimum atomic E-state index is -0.117. The molecule has 0 unspecified atom stereocenters. The number of rotatable bonds is 2. The Bertz CT molecular complexity index is 406. The monoisotopic (exact) mass is 191 g/mol. The summed E-state index contributed by atoms with van der Waals surface area (Å²) in [5.41, 5.74) is 0.973. The summed E-state index contributed by atoms with van der Waals surface area (Å²) in [5.74, 6) is -0.117. The number of carbonyl (C=O) groups is 1. The lowest BCUT2D eigenvalue weighted by molar-refractivity contribution is 0.106. The molecular weight excluding hydrogens is 186 g/mol. The molecule has 0 saturated heterocycles. The van der Waals surface area contributed by atoms with Crippen molar-refractivity contribution in [2.75, 3.05) is 0 Å². The molecule has 0 radical (unpaired) electrons. The highest BCUT2D eigenvalue weighted by Gasteiger charge is 2.20. The summed E-state index contributed by atoms with van der Waals surface area (Å²) in [5, 5.41) is 0.439. The summed E-state index contributed by atoms with van der Waals surface area (Å²) in [6, 6.07) is 8.96. The second-order valence-electron chi connectivity index (χ2n) is 2.65. The fraction of sp³-hybridized carbons (Fsp3) is 0. The topological polar surface area (TPSA) is 29.4 Å². The molecule has 0 bridgehead atoms. The molecular formula is C10H6ClNO. The van der Waals surface area contributed by atoms with E-state index in [1.165, 1.54) is 6.20 Å². The highest BCUT2D eigenvalue weighted by Crippen LogP contribution is 2.17. The number of benzene rings is 1. The van der Waals surface area contributed by atoms with Crippen molar-refractivity contribution in [3.63, 3.8) is 0 Å². The molecule has 64 valence electrons. The number of nitrogens with zero attached hydrogens (tertiary/aromatic N) is 1. The molecule has 3 heteroatoms. The van der Waals surface area contributed by atoms with Gasteiger partial charge in [0, 0.05) is 11.8 Å². The van der Waals surface area contributed by atoms with Crippen LogP contribution < -0.4 is 0 Å². The van der Waals surface area contributed by atoms with E-state index in [4.69, 9.17) is 11.6 Å². The summed E-state index contributed by atoms with van der Waals surface area (Å²) in [7, 11) is 0. The standard InChI is InChI=1S/C10H6ClNO/c11-8-6-12-9(8)10(13)7-4-2-1-3-5-7/h1-6H. The largest absolute Gasteiger partial charge is 0.287 e. The van der Waals surface area contributed by atoms with Gasteiger partial charge < -0.3 is 0 Å². The minimum absolute atomic E-state index is 0.117. The molecule has 1 aliphatic rings. The first-order chi connectivity index (χ1) is 6.29. The van der Waals surface area contributed by atoms with Gasteiger partial charge in [0.2, 0.25) is 5.78 Å². The number of aliphatic imine (C=N–C) groups is 1. The van der Waals surface area contributed by atoms with E-state index in [1.807, 2.05) is 18.2 Å². The maximum atomic E-state index is 11.6. The Kier molecular flexibility index (Phi) is 1.99. The zero-order valence-corrected chi connectivity index (χ0v) is 7.45. The SMILES string of the molecule is O=C(C1=NC=C1Cl)c1ccccc1. The molecule has 0 N–H and O–H groups in total. The van der Waals surface area contributed by atoms with Crippen LogP contribution in [-0.4, -0.2) is 11.5 Å². The quantitative estimate of drug-likeness (QED) is 0.660. The second kappa shape index (κ2) is 3.15. The van der Waals surface area contributed by atoms with Crippen LogP contribution >= 0.6 is 11.6 Å². The van der Waals surface area contributed by atoms with Crippen molar-refractivity contribution >= 4 is 23.1 Å². The molecule has 0 spiro atoms. The van der Waals surface area contributed by atoms with Crippen molar-refractivity contribution in [3.8, 4) is 0 Å². The zero-order valence-electron chi connectivity index (χ0n) is 6.70. The maximum Gasteiger partial charge on any atom is 0.212 e. The van der Waals surface area contributed by atoms with Crippen molar-refractivity contribution in [2.24, 2.45) is 4.99 Å². The molecule has 2 nitrogen and oxygen atoms in total. The molecule has 1 aliphatic heterocycles. The summed E-state index contributed by atoms with van der Waals surface area (Å²) in [6.07, 6.45) is 1.47. The maximum absolute atomic E-state index is 11.6. The van der Waals surface area contributed by atoms with Gasteiger partial charge in [-0.15, -0.1) is 0 Å². The molecule has 1 aromatic carbocycles. The van der Waals surface area contributed by atoms with E-state index in [2.05, 4.69) is 4.99 Å². The zero-order chi connectivity index (χ0) is 9.26. The normalized spacial score (nSPS) is 14.2. The van der Waals surface area contributed by atoms with Crippen LogP contribution in [0.5, 0.6) is 0 Å². The van der Waals surface area contributed by atoms with Crippen molar-refractivity contribution in [2.45, 2.75) is 0 Å². The molecule has 0 fully saturated rings. The lowest BCUT2D eigenvalue weighted by Crippen LogP contribution is -2.18. The number of carbonyl (C=O) groups excluding carboxylic acids is 1. The van der Waals surface area contributed by atoms with E-state index in [0.29, 0.717) is 16.3 Å². The van der Waals surface area contributed by atoms with Crippen LogP contribution in [0.3, 0.4) is 0 Å². The number of hydrogen-bond acceptors (Lipinski definition) is 2. The molecule has 0 amide bonds. The Morgan fingerprint density at radius 1 is 1.23 bits per heavy atom. The highest BCUT2D eigenvalue weighted by atomic mass is 35.5. The van der Waals surface area contributed by atoms with Crippen LogP contribution in [0.15, 0.2) is 46.6 Å². The van der Waals surface area contributed by atoms with E-state index in [9.17, 15) is 4.79 Å². The molecule has 0 saturated carbocycles. The number of ketones is 1. The van der Waals surface area contributed by atoms with Crippen LogP contribution in [0.4, 0.5) is 0 Å². The Hall–Kier alpha value is -1.41. The van der Waals surface area contributed by atoms with Crippen LogP contribution in [-0.2, 0) is 0 Å². The molecule has 1 aromatic rings.